The van der Waals surface area contributed by atoms with Crippen LogP contribution in [0.1, 0.15) is 38.2 Å². The van der Waals surface area contributed by atoms with E-state index in [1.807, 2.05) is 0 Å². The molecule has 1 aromatic carbocycles. The van der Waals surface area contributed by atoms with Gasteiger partial charge in [-0.05, 0) is 55.4 Å². The Morgan fingerprint density at radius 1 is 1.47 bits per heavy atom. The van der Waals surface area contributed by atoms with Crippen molar-refractivity contribution in [2.45, 2.75) is 44.6 Å². The highest BCUT2D eigenvalue weighted by molar-refractivity contribution is 6.30. The zero-order chi connectivity index (χ0) is 14.0. The molecule has 1 N–H and O–H groups in total. The molecule has 0 heterocycles. The third-order valence-corrected chi connectivity index (χ3v) is 4.21. The van der Waals surface area contributed by atoms with Crippen LogP contribution in [-0.2, 0) is 11.2 Å². The summed E-state index contributed by atoms with van der Waals surface area (Å²) < 4.78 is 13.6. The van der Waals surface area contributed by atoms with Crippen LogP contribution in [0.15, 0.2) is 18.2 Å². The van der Waals surface area contributed by atoms with Gasteiger partial charge in [-0.2, -0.15) is 0 Å². The molecule has 1 aliphatic rings. The average molecular weight is 285 g/mol. The van der Waals surface area contributed by atoms with E-state index >= 15 is 0 Å². The number of halogens is 2. The first-order valence-electron chi connectivity index (χ1n) is 6.60. The highest BCUT2D eigenvalue weighted by atomic mass is 35.5. The summed E-state index contributed by atoms with van der Waals surface area (Å²) in [6.07, 6.45) is 2.50. The highest BCUT2D eigenvalue weighted by Crippen LogP contribution is 2.33. The molecule has 2 nitrogen and oxygen atoms in total. The van der Waals surface area contributed by atoms with Crippen molar-refractivity contribution in [2.24, 2.45) is 5.92 Å². The molecule has 104 valence electrons. The molecule has 0 saturated heterocycles. The first-order chi connectivity index (χ1) is 8.90. The van der Waals surface area contributed by atoms with Crippen LogP contribution >= 0.6 is 11.6 Å². The summed E-state index contributed by atoms with van der Waals surface area (Å²) in [6, 6.07) is 4.14. The van der Waals surface area contributed by atoms with Crippen molar-refractivity contribution in [2.75, 3.05) is 0 Å². The molecule has 0 atom stereocenters. The van der Waals surface area contributed by atoms with Gasteiger partial charge in [0.15, 0.2) is 5.78 Å². The monoisotopic (exact) mass is 284 g/mol. The van der Waals surface area contributed by atoms with Gasteiger partial charge in [0, 0.05) is 11.4 Å². The Morgan fingerprint density at radius 2 is 2.11 bits per heavy atom. The lowest BCUT2D eigenvalue weighted by Gasteiger charge is -2.33. The summed E-state index contributed by atoms with van der Waals surface area (Å²) in [4.78, 5) is 12.2. The summed E-state index contributed by atoms with van der Waals surface area (Å²) in [6.45, 7) is 2.11. The van der Waals surface area contributed by atoms with Crippen molar-refractivity contribution >= 4 is 17.4 Å². The quantitative estimate of drug-likeness (QED) is 0.922. The molecule has 0 radical (unpaired) electrons. The van der Waals surface area contributed by atoms with Gasteiger partial charge in [-0.25, -0.2) is 4.39 Å². The second-order valence-electron chi connectivity index (χ2n) is 5.55. The van der Waals surface area contributed by atoms with Crippen molar-refractivity contribution in [1.29, 1.82) is 0 Å². The van der Waals surface area contributed by atoms with Gasteiger partial charge < -0.3 is 5.11 Å². The minimum Gasteiger partial charge on any atom is -0.382 e. The van der Waals surface area contributed by atoms with Crippen molar-refractivity contribution in [3.8, 4) is 0 Å². The topological polar surface area (TPSA) is 37.3 Å². The lowest BCUT2D eigenvalue weighted by Crippen LogP contribution is -2.42. The third-order valence-electron chi connectivity index (χ3n) is 3.98. The lowest BCUT2D eigenvalue weighted by molar-refractivity contribution is -0.140. The van der Waals surface area contributed by atoms with E-state index in [0.717, 1.165) is 12.8 Å². The van der Waals surface area contributed by atoms with Gasteiger partial charge in [-0.1, -0.05) is 18.5 Å². The van der Waals surface area contributed by atoms with Crippen molar-refractivity contribution in [3.05, 3.63) is 34.6 Å². The Morgan fingerprint density at radius 3 is 2.74 bits per heavy atom. The SMILES string of the molecule is CC1CCC(O)(C(=O)Cc2cc(Cl)ccc2F)CC1. The fourth-order valence-electron chi connectivity index (χ4n) is 2.53. The fraction of sp³-hybridized carbons (Fsp3) is 0.533. The summed E-state index contributed by atoms with van der Waals surface area (Å²) in [5.74, 6) is -0.220. The number of aliphatic hydroxyl groups is 1. The molecule has 1 fully saturated rings. The van der Waals surface area contributed by atoms with Crippen LogP contribution in [0.2, 0.25) is 5.02 Å². The van der Waals surface area contributed by atoms with Gasteiger partial charge in [-0.3, -0.25) is 4.79 Å². The van der Waals surface area contributed by atoms with E-state index in [9.17, 15) is 14.3 Å². The first-order valence-corrected chi connectivity index (χ1v) is 6.98. The van der Waals surface area contributed by atoms with Crippen LogP contribution in [0.25, 0.3) is 0 Å². The maximum absolute atomic E-state index is 13.6. The average Bonchev–Trinajstić information content (AvgIpc) is 2.37. The predicted octanol–water partition coefficient (Wildman–Crippen LogP) is 3.53. The minimum absolute atomic E-state index is 0.0999. The van der Waals surface area contributed by atoms with Crippen molar-refractivity contribution in [3.63, 3.8) is 0 Å². The number of Topliss-reactive ketones (excluding diaryl/α,β-unsaturated/α-hetero) is 1. The highest BCUT2D eigenvalue weighted by Gasteiger charge is 2.38. The molecule has 1 aromatic rings. The Balaban J connectivity index is 2.10. The van der Waals surface area contributed by atoms with Gasteiger partial charge in [-0.15, -0.1) is 0 Å². The molecule has 1 saturated carbocycles. The Kier molecular flexibility index (Phi) is 4.26. The molecule has 0 unspecified atom stereocenters. The van der Waals surface area contributed by atoms with Crippen LogP contribution in [0.3, 0.4) is 0 Å². The van der Waals surface area contributed by atoms with Crippen LogP contribution < -0.4 is 0 Å². The molecule has 0 spiro atoms. The van der Waals surface area contributed by atoms with E-state index in [1.54, 1.807) is 0 Å². The van der Waals surface area contributed by atoms with Crippen LogP contribution in [0, 0.1) is 11.7 Å². The van der Waals surface area contributed by atoms with Crippen LogP contribution in [0.4, 0.5) is 4.39 Å². The van der Waals surface area contributed by atoms with E-state index in [2.05, 4.69) is 6.92 Å². The first kappa shape index (κ1) is 14.5. The molecule has 1 aliphatic carbocycles. The molecule has 19 heavy (non-hydrogen) atoms. The number of rotatable bonds is 3. The van der Waals surface area contributed by atoms with Gasteiger partial charge in [0.1, 0.15) is 11.4 Å². The van der Waals surface area contributed by atoms with Crippen LogP contribution in [0.5, 0.6) is 0 Å². The van der Waals surface area contributed by atoms with Crippen LogP contribution in [-0.4, -0.2) is 16.5 Å². The van der Waals surface area contributed by atoms with Gasteiger partial charge >= 0.3 is 0 Å². The van der Waals surface area contributed by atoms with Gasteiger partial charge in [0.25, 0.3) is 0 Å². The maximum atomic E-state index is 13.6. The molecule has 4 heteroatoms. The maximum Gasteiger partial charge on any atom is 0.168 e. The van der Waals surface area contributed by atoms with E-state index in [4.69, 9.17) is 11.6 Å². The lowest BCUT2D eigenvalue weighted by atomic mass is 9.76. The van der Waals surface area contributed by atoms with Crippen molar-refractivity contribution in [1.82, 2.24) is 0 Å². The Bertz CT molecular complexity index is 479. The van der Waals surface area contributed by atoms with E-state index in [1.165, 1.54) is 18.2 Å². The Hall–Kier alpha value is -0.930. The van der Waals surface area contributed by atoms with Gasteiger partial charge in [0.05, 0.1) is 0 Å². The Labute approximate surface area is 117 Å². The zero-order valence-electron chi connectivity index (χ0n) is 11.0. The normalized spacial score (nSPS) is 27.3. The fourth-order valence-corrected chi connectivity index (χ4v) is 2.73. The number of carbonyl (C=O) groups excluding carboxylic acids is 1. The minimum atomic E-state index is -1.29. The van der Waals surface area contributed by atoms with E-state index in [-0.39, 0.29) is 17.8 Å². The smallest absolute Gasteiger partial charge is 0.168 e. The van der Waals surface area contributed by atoms with E-state index in [0.29, 0.717) is 23.8 Å². The molecular formula is C15H18ClFO2. The molecule has 0 amide bonds. The second-order valence-corrected chi connectivity index (χ2v) is 5.99. The second kappa shape index (κ2) is 5.59. The van der Waals surface area contributed by atoms with E-state index < -0.39 is 11.4 Å². The standard InChI is InChI=1S/C15H18ClFO2/c1-10-4-6-15(19,7-5-10)14(18)9-11-8-12(16)2-3-13(11)17/h2-3,8,10,19H,4-7,9H2,1H3. The predicted molar refractivity (Wildman–Crippen MR) is 72.7 cm³/mol. The summed E-state index contributed by atoms with van der Waals surface area (Å²) in [7, 11) is 0. The molecule has 2 rings (SSSR count). The number of benzene rings is 1. The summed E-state index contributed by atoms with van der Waals surface area (Å²) >= 11 is 5.80. The summed E-state index contributed by atoms with van der Waals surface area (Å²) in [5.41, 5.74) is -1.04. The molecular weight excluding hydrogens is 267 g/mol. The largest absolute Gasteiger partial charge is 0.382 e. The van der Waals surface area contributed by atoms with Gasteiger partial charge in [0.2, 0.25) is 0 Å². The summed E-state index contributed by atoms with van der Waals surface area (Å²) in [5, 5.41) is 10.8. The zero-order valence-corrected chi connectivity index (χ0v) is 11.7. The molecule has 0 aliphatic heterocycles. The third kappa shape index (κ3) is 3.34. The van der Waals surface area contributed by atoms with Crippen molar-refractivity contribution < 1.29 is 14.3 Å². The number of ketones is 1. The molecule has 0 bridgehead atoms. The number of hydrogen-bond acceptors (Lipinski definition) is 2. The number of hydrogen-bond donors (Lipinski definition) is 1. The number of carbonyl (C=O) groups is 1. The molecule has 0 aromatic heterocycles.